The van der Waals surface area contributed by atoms with Gasteiger partial charge in [0.2, 0.25) is 0 Å². The summed E-state index contributed by atoms with van der Waals surface area (Å²) in [5, 5.41) is 0.156. The summed E-state index contributed by atoms with van der Waals surface area (Å²) in [6, 6.07) is 14.8. The third-order valence-electron chi connectivity index (χ3n) is 3.11. The van der Waals surface area contributed by atoms with Gasteiger partial charge in [0.15, 0.2) is 0 Å². The van der Waals surface area contributed by atoms with E-state index in [1.54, 1.807) is 23.9 Å². The highest BCUT2D eigenvalue weighted by molar-refractivity contribution is 9.10. The molecule has 1 nitrogen and oxygen atoms in total. The molecule has 2 aromatic rings. The van der Waals surface area contributed by atoms with E-state index in [1.165, 1.54) is 17.7 Å². The minimum Gasteiger partial charge on any atom is -0.326 e. The van der Waals surface area contributed by atoms with Crippen molar-refractivity contribution in [2.24, 2.45) is 5.73 Å². The molecular weight excluding hydrogens is 337 g/mol. The number of thioether (sulfide) groups is 1. The summed E-state index contributed by atoms with van der Waals surface area (Å²) < 4.78 is 14.0. The number of hydrogen-bond donors (Lipinski definition) is 1. The fourth-order valence-corrected chi connectivity index (χ4v) is 3.61. The largest absolute Gasteiger partial charge is 0.326 e. The lowest BCUT2D eigenvalue weighted by Crippen LogP contribution is -2.25. The molecule has 0 bridgehead atoms. The second kappa shape index (κ2) is 7.25. The number of halogens is 2. The summed E-state index contributed by atoms with van der Waals surface area (Å²) in [7, 11) is 0. The highest BCUT2D eigenvalue weighted by Gasteiger charge is 2.20. The average Bonchev–Trinajstić information content (AvgIpc) is 2.46. The van der Waals surface area contributed by atoms with E-state index in [0.717, 1.165) is 15.8 Å². The SMILES string of the molecule is CCC(N)C(Sc1ccc(F)cc1)c1cccc(Br)c1. The number of nitrogens with two attached hydrogens (primary N) is 1. The molecule has 0 aliphatic rings. The van der Waals surface area contributed by atoms with Gasteiger partial charge in [0, 0.05) is 20.7 Å². The van der Waals surface area contributed by atoms with Crippen LogP contribution < -0.4 is 5.73 Å². The van der Waals surface area contributed by atoms with Gasteiger partial charge in [0.05, 0.1) is 0 Å². The van der Waals surface area contributed by atoms with Gasteiger partial charge in [-0.2, -0.15) is 0 Å². The van der Waals surface area contributed by atoms with Crippen molar-refractivity contribution < 1.29 is 4.39 Å². The minimum atomic E-state index is -0.215. The van der Waals surface area contributed by atoms with Crippen molar-refractivity contribution in [1.82, 2.24) is 0 Å². The molecule has 2 N–H and O–H groups in total. The normalized spacial score (nSPS) is 14.0. The van der Waals surface area contributed by atoms with E-state index in [2.05, 4.69) is 35.0 Å². The van der Waals surface area contributed by atoms with Crippen LogP contribution in [0.4, 0.5) is 4.39 Å². The Morgan fingerprint density at radius 2 is 1.90 bits per heavy atom. The monoisotopic (exact) mass is 353 g/mol. The van der Waals surface area contributed by atoms with E-state index in [4.69, 9.17) is 5.73 Å². The van der Waals surface area contributed by atoms with Gasteiger partial charge in [0.1, 0.15) is 5.82 Å². The molecule has 20 heavy (non-hydrogen) atoms. The van der Waals surface area contributed by atoms with Crippen LogP contribution in [0.3, 0.4) is 0 Å². The van der Waals surface area contributed by atoms with Crippen molar-refractivity contribution in [3.63, 3.8) is 0 Å². The van der Waals surface area contributed by atoms with E-state index in [9.17, 15) is 4.39 Å². The van der Waals surface area contributed by atoms with Crippen molar-refractivity contribution in [2.75, 3.05) is 0 Å². The highest BCUT2D eigenvalue weighted by atomic mass is 79.9. The van der Waals surface area contributed by atoms with Crippen molar-refractivity contribution in [1.29, 1.82) is 0 Å². The van der Waals surface area contributed by atoms with Crippen LogP contribution in [0, 0.1) is 5.82 Å². The minimum absolute atomic E-state index is 0.0550. The molecule has 2 aromatic carbocycles. The molecular formula is C16H17BrFNS. The average molecular weight is 354 g/mol. The molecule has 2 rings (SSSR count). The van der Waals surface area contributed by atoms with Crippen LogP contribution in [0.2, 0.25) is 0 Å². The van der Waals surface area contributed by atoms with Gasteiger partial charge in [-0.05, 0) is 48.4 Å². The molecule has 0 aromatic heterocycles. The summed E-state index contributed by atoms with van der Waals surface area (Å²) >= 11 is 5.18. The van der Waals surface area contributed by atoms with E-state index >= 15 is 0 Å². The van der Waals surface area contributed by atoms with Crippen LogP contribution >= 0.6 is 27.7 Å². The standard InChI is InChI=1S/C16H17BrFNS/c1-2-15(19)16(11-4-3-5-12(17)10-11)20-14-8-6-13(18)7-9-14/h3-10,15-16H,2,19H2,1H3. The summed E-state index contributed by atoms with van der Waals surface area (Å²) in [6.45, 7) is 2.08. The molecule has 2 atom stereocenters. The highest BCUT2D eigenvalue weighted by Crippen LogP contribution is 2.38. The lowest BCUT2D eigenvalue weighted by atomic mass is 10.0. The van der Waals surface area contributed by atoms with Crippen LogP contribution in [0.25, 0.3) is 0 Å². The van der Waals surface area contributed by atoms with E-state index in [-0.39, 0.29) is 17.1 Å². The van der Waals surface area contributed by atoms with Gasteiger partial charge in [-0.1, -0.05) is 35.0 Å². The van der Waals surface area contributed by atoms with Crippen LogP contribution in [0.1, 0.15) is 24.2 Å². The third kappa shape index (κ3) is 4.08. The quantitative estimate of drug-likeness (QED) is 0.751. The third-order valence-corrected chi connectivity index (χ3v) is 5.03. The first-order chi connectivity index (χ1) is 9.60. The smallest absolute Gasteiger partial charge is 0.123 e. The zero-order chi connectivity index (χ0) is 14.5. The van der Waals surface area contributed by atoms with E-state index in [1.807, 2.05) is 12.1 Å². The van der Waals surface area contributed by atoms with Gasteiger partial charge in [0.25, 0.3) is 0 Å². The van der Waals surface area contributed by atoms with Crippen LogP contribution in [0.15, 0.2) is 57.9 Å². The van der Waals surface area contributed by atoms with Crippen molar-refractivity contribution in [2.45, 2.75) is 29.5 Å². The molecule has 0 aliphatic heterocycles. The fraction of sp³-hybridized carbons (Fsp3) is 0.250. The first kappa shape index (κ1) is 15.5. The maximum Gasteiger partial charge on any atom is 0.123 e. The Labute approximate surface area is 131 Å². The lowest BCUT2D eigenvalue weighted by molar-refractivity contribution is 0.625. The molecule has 4 heteroatoms. The molecule has 0 heterocycles. The second-order valence-electron chi connectivity index (χ2n) is 4.62. The zero-order valence-electron chi connectivity index (χ0n) is 11.2. The molecule has 0 saturated heterocycles. The number of benzene rings is 2. The summed E-state index contributed by atoms with van der Waals surface area (Å²) in [5.41, 5.74) is 7.45. The Bertz CT molecular complexity index is 559. The Morgan fingerprint density at radius 1 is 1.20 bits per heavy atom. The van der Waals surface area contributed by atoms with Gasteiger partial charge in [-0.3, -0.25) is 0 Å². The summed E-state index contributed by atoms with van der Waals surface area (Å²) in [5.74, 6) is -0.215. The van der Waals surface area contributed by atoms with Crippen molar-refractivity contribution >= 4 is 27.7 Å². The van der Waals surface area contributed by atoms with E-state index in [0.29, 0.717) is 0 Å². The zero-order valence-corrected chi connectivity index (χ0v) is 13.6. The summed E-state index contributed by atoms with van der Waals surface area (Å²) in [6.07, 6.45) is 0.894. The predicted molar refractivity (Wildman–Crippen MR) is 87.4 cm³/mol. The first-order valence-electron chi connectivity index (χ1n) is 6.53. The number of hydrogen-bond acceptors (Lipinski definition) is 2. The molecule has 0 aliphatic carbocycles. The number of rotatable bonds is 5. The molecule has 0 spiro atoms. The van der Waals surface area contributed by atoms with Crippen LogP contribution in [0.5, 0.6) is 0 Å². The predicted octanol–water partition coefficient (Wildman–Crippen LogP) is 5.16. The first-order valence-corrected chi connectivity index (χ1v) is 8.20. The Hall–Kier alpha value is -0.840. The molecule has 2 unspecified atom stereocenters. The summed E-state index contributed by atoms with van der Waals surface area (Å²) in [4.78, 5) is 1.03. The molecule has 106 valence electrons. The maximum atomic E-state index is 13.0. The van der Waals surface area contributed by atoms with Gasteiger partial charge >= 0.3 is 0 Å². The van der Waals surface area contributed by atoms with Gasteiger partial charge in [-0.15, -0.1) is 11.8 Å². The second-order valence-corrected chi connectivity index (χ2v) is 6.75. The Kier molecular flexibility index (Phi) is 5.64. The van der Waals surface area contributed by atoms with Crippen LogP contribution in [-0.2, 0) is 0 Å². The molecule has 0 saturated carbocycles. The molecule has 0 amide bonds. The topological polar surface area (TPSA) is 26.0 Å². The van der Waals surface area contributed by atoms with Crippen molar-refractivity contribution in [3.05, 3.63) is 64.4 Å². The van der Waals surface area contributed by atoms with Gasteiger partial charge < -0.3 is 5.73 Å². The maximum absolute atomic E-state index is 13.0. The molecule has 0 fully saturated rings. The fourth-order valence-electron chi connectivity index (χ4n) is 1.96. The molecule has 0 radical (unpaired) electrons. The lowest BCUT2D eigenvalue weighted by Gasteiger charge is -2.23. The Balaban J connectivity index is 2.26. The Morgan fingerprint density at radius 3 is 2.50 bits per heavy atom. The van der Waals surface area contributed by atoms with Crippen molar-refractivity contribution in [3.8, 4) is 0 Å². The van der Waals surface area contributed by atoms with E-state index < -0.39 is 0 Å². The van der Waals surface area contributed by atoms with Crippen LogP contribution in [-0.4, -0.2) is 6.04 Å². The van der Waals surface area contributed by atoms with Gasteiger partial charge in [-0.25, -0.2) is 4.39 Å².